The number of sulfonamides is 1. The molecule has 0 radical (unpaired) electrons. The first-order valence-electron chi connectivity index (χ1n) is 9.00. The molecule has 0 aliphatic rings. The minimum absolute atomic E-state index is 0.0772. The summed E-state index contributed by atoms with van der Waals surface area (Å²) in [7, 11) is -3.50. The SMILES string of the molecule is CCOc1ccc(Cl)c(C(=O)NCc2ccc(S(=O)(=O)N(CC)CC)cc2)n1. The quantitative estimate of drug-likeness (QED) is 0.666. The van der Waals surface area contributed by atoms with Crippen LogP contribution in [-0.2, 0) is 16.6 Å². The molecule has 2 aromatic rings. The van der Waals surface area contributed by atoms with Crippen molar-refractivity contribution in [1.82, 2.24) is 14.6 Å². The summed E-state index contributed by atoms with van der Waals surface area (Å²) in [5, 5.41) is 2.95. The smallest absolute Gasteiger partial charge is 0.271 e. The van der Waals surface area contributed by atoms with Gasteiger partial charge < -0.3 is 10.1 Å². The van der Waals surface area contributed by atoms with E-state index in [-0.39, 0.29) is 22.2 Å². The predicted molar refractivity (Wildman–Crippen MR) is 108 cm³/mol. The van der Waals surface area contributed by atoms with Crippen LogP contribution in [0.1, 0.15) is 36.8 Å². The molecule has 28 heavy (non-hydrogen) atoms. The van der Waals surface area contributed by atoms with Crippen LogP contribution in [0, 0.1) is 0 Å². The van der Waals surface area contributed by atoms with Crippen LogP contribution < -0.4 is 10.1 Å². The lowest BCUT2D eigenvalue weighted by atomic mass is 10.2. The van der Waals surface area contributed by atoms with E-state index in [2.05, 4.69) is 10.3 Å². The lowest BCUT2D eigenvalue weighted by Gasteiger charge is -2.18. The standard InChI is InChI=1S/C19H24ClN3O4S/c1-4-23(5-2)28(25,26)15-9-7-14(8-10-15)13-21-19(24)18-16(20)11-12-17(22-18)27-6-3/h7-12H,4-6,13H2,1-3H3,(H,21,24). The predicted octanol–water partition coefficient (Wildman–Crippen LogP) is 3.09. The monoisotopic (exact) mass is 425 g/mol. The molecule has 0 fully saturated rings. The maximum atomic E-state index is 12.5. The van der Waals surface area contributed by atoms with E-state index < -0.39 is 15.9 Å². The number of hydrogen-bond acceptors (Lipinski definition) is 5. The summed E-state index contributed by atoms with van der Waals surface area (Å²) in [6.07, 6.45) is 0. The Kier molecular flexibility index (Phi) is 7.79. The van der Waals surface area contributed by atoms with Crippen LogP contribution in [0.4, 0.5) is 0 Å². The Morgan fingerprint density at radius 3 is 2.32 bits per heavy atom. The van der Waals surface area contributed by atoms with Crippen LogP contribution in [-0.4, -0.2) is 43.3 Å². The van der Waals surface area contributed by atoms with Crippen LogP contribution in [0.3, 0.4) is 0 Å². The topological polar surface area (TPSA) is 88.6 Å². The van der Waals surface area contributed by atoms with Gasteiger partial charge in [0.05, 0.1) is 16.5 Å². The number of carbonyl (C=O) groups excluding carboxylic acids is 1. The summed E-state index contributed by atoms with van der Waals surface area (Å²) in [4.78, 5) is 16.7. The molecule has 9 heteroatoms. The lowest BCUT2D eigenvalue weighted by Crippen LogP contribution is -2.30. The van der Waals surface area contributed by atoms with Crippen molar-refractivity contribution in [3.63, 3.8) is 0 Å². The second-order valence-electron chi connectivity index (χ2n) is 5.83. The third-order valence-electron chi connectivity index (χ3n) is 4.05. The number of nitrogens with zero attached hydrogens (tertiary/aromatic N) is 2. The van der Waals surface area contributed by atoms with E-state index in [1.165, 1.54) is 16.4 Å². The first-order valence-corrected chi connectivity index (χ1v) is 10.8. The molecule has 1 aromatic carbocycles. The molecule has 0 saturated carbocycles. The maximum absolute atomic E-state index is 12.5. The highest BCUT2D eigenvalue weighted by Gasteiger charge is 2.21. The molecule has 1 N–H and O–H groups in total. The third kappa shape index (κ3) is 5.21. The number of halogens is 1. The Bertz CT molecular complexity index is 913. The van der Waals surface area contributed by atoms with E-state index >= 15 is 0 Å². The normalized spacial score (nSPS) is 11.5. The number of amides is 1. The summed E-state index contributed by atoms with van der Waals surface area (Å²) in [6.45, 7) is 6.87. The molecule has 0 bridgehead atoms. The Labute approximate surface area is 170 Å². The lowest BCUT2D eigenvalue weighted by molar-refractivity contribution is 0.0945. The number of rotatable bonds is 9. The van der Waals surface area contributed by atoms with Gasteiger partial charge in [0.15, 0.2) is 5.69 Å². The second-order valence-corrected chi connectivity index (χ2v) is 8.17. The van der Waals surface area contributed by atoms with Crippen molar-refractivity contribution < 1.29 is 17.9 Å². The summed E-state index contributed by atoms with van der Waals surface area (Å²) >= 11 is 6.05. The molecule has 0 atom stereocenters. The van der Waals surface area contributed by atoms with E-state index in [0.29, 0.717) is 25.6 Å². The summed E-state index contributed by atoms with van der Waals surface area (Å²) in [5.74, 6) is -0.116. The molecule has 2 rings (SSSR count). The van der Waals surface area contributed by atoms with E-state index in [1.807, 2.05) is 6.92 Å². The molecule has 1 amide bonds. The minimum atomic E-state index is -3.50. The molecule has 0 spiro atoms. The van der Waals surface area contributed by atoms with E-state index in [4.69, 9.17) is 16.3 Å². The molecule has 152 valence electrons. The Morgan fingerprint density at radius 2 is 1.75 bits per heavy atom. The highest BCUT2D eigenvalue weighted by atomic mass is 35.5. The van der Waals surface area contributed by atoms with Crippen LogP contribution in [0.15, 0.2) is 41.3 Å². The van der Waals surface area contributed by atoms with Gasteiger partial charge in [0.2, 0.25) is 15.9 Å². The summed E-state index contributed by atoms with van der Waals surface area (Å²) < 4.78 is 31.7. The molecular formula is C19H24ClN3O4S. The molecule has 0 aliphatic heterocycles. The van der Waals surface area contributed by atoms with Gasteiger partial charge in [0.1, 0.15) is 0 Å². The van der Waals surface area contributed by atoms with Gasteiger partial charge in [-0.15, -0.1) is 0 Å². The molecule has 1 heterocycles. The van der Waals surface area contributed by atoms with Crippen LogP contribution in [0.2, 0.25) is 5.02 Å². The van der Waals surface area contributed by atoms with Crippen LogP contribution in [0.25, 0.3) is 0 Å². The second kappa shape index (κ2) is 9.86. The van der Waals surface area contributed by atoms with Gasteiger partial charge in [-0.2, -0.15) is 4.31 Å². The molecule has 1 aromatic heterocycles. The van der Waals surface area contributed by atoms with E-state index in [1.54, 1.807) is 38.1 Å². The fraction of sp³-hybridized carbons (Fsp3) is 0.368. The average Bonchev–Trinajstić information content (AvgIpc) is 2.69. The van der Waals surface area contributed by atoms with Crippen LogP contribution in [0.5, 0.6) is 5.88 Å². The van der Waals surface area contributed by atoms with E-state index in [0.717, 1.165) is 5.56 Å². The zero-order valence-electron chi connectivity index (χ0n) is 16.1. The van der Waals surface area contributed by atoms with Crippen molar-refractivity contribution in [1.29, 1.82) is 0 Å². The Morgan fingerprint density at radius 1 is 1.11 bits per heavy atom. The van der Waals surface area contributed by atoms with Gasteiger partial charge >= 0.3 is 0 Å². The Hall–Kier alpha value is -2.16. The number of carbonyl (C=O) groups is 1. The molecule has 0 aliphatic carbocycles. The zero-order chi connectivity index (χ0) is 20.7. The number of hydrogen-bond donors (Lipinski definition) is 1. The van der Waals surface area contributed by atoms with Crippen molar-refractivity contribution in [2.45, 2.75) is 32.2 Å². The first-order chi connectivity index (χ1) is 13.3. The van der Waals surface area contributed by atoms with Crippen molar-refractivity contribution in [3.05, 3.63) is 52.7 Å². The van der Waals surface area contributed by atoms with Gasteiger partial charge in [-0.3, -0.25) is 4.79 Å². The van der Waals surface area contributed by atoms with Gasteiger partial charge in [-0.1, -0.05) is 37.6 Å². The van der Waals surface area contributed by atoms with Crippen molar-refractivity contribution >= 4 is 27.5 Å². The molecule has 0 unspecified atom stereocenters. The molecule has 7 nitrogen and oxygen atoms in total. The summed E-state index contributed by atoms with van der Waals surface area (Å²) in [6, 6.07) is 9.57. The highest BCUT2D eigenvalue weighted by molar-refractivity contribution is 7.89. The zero-order valence-corrected chi connectivity index (χ0v) is 17.7. The highest BCUT2D eigenvalue weighted by Crippen LogP contribution is 2.19. The number of aromatic nitrogens is 1. The Balaban J connectivity index is 2.08. The fourth-order valence-electron chi connectivity index (χ4n) is 2.57. The molecular weight excluding hydrogens is 402 g/mol. The third-order valence-corrected chi connectivity index (χ3v) is 6.42. The van der Waals surface area contributed by atoms with Crippen LogP contribution >= 0.6 is 11.6 Å². The molecule has 0 saturated heterocycles. The first kappa shape index (κ1) is 22.1. The van der Waals surface area contributed by atoms with Gasteiger partial charge in [0.25, 0.3) is 5.91 Å². The van der Waals surface area contributed by atoms with Gasteiger partial charge in [-0.25, -0.2) is 13.4 Å². The maximum Gasteiger partial charge on any atom is 0.271 e. The van der Waals surface area contributed by atoms with Crippen molar-refractivity contribution in [2.75, 3.05) is 19.7 Å². The number of pyridine rings is 1. The number of nitrogens with one attached hydrogen (secondary N) is 1. The summed E-state index contributed by atoms with van der Waals surface area (Å²) in [5.41, 5.74) is 0.831. The van der Waals surface area contributed by atoms with E-state index in [9.17, 15) is 13.2 Å². The average molecular weight is 426 g/mol. The fourth-order valence-corrected chi connectivity index (χ4v) is 4.22. The number of ether oxygens (including phenoxy) is 1. The van der Waals surface area contributed by atoms with Crippen molar-refractivity contribution in [3.8, 4) is 5.88 Å². The number of benzene rings is 1. The largest absolute Gasteiger partial charge is 0.478 e. The van der Waals surface area contributed by atoms with Crippen molar-refractivity contribution in [2.24, 2.45) is 0 Å². The minimum Gasteiger partial charge on any atom is -0.478 e. The van der Waals surface area contributed by atoms with Gasteiger partial charge in [-0.05, 0) is 30.7 Å². The van der Waals surface area contributed by atoms with Gasteiger partial charge in [0, 0.05) is 25.7 Å².